The summed E-state index contributed by atoms with van der Waals surface area (Å²) in [6.07, 6.45) is -0.115. The third-order valence-electron chi connectivity index (χ3n) is 1.33. The number of hydrogen-bond acceptors (Lipinski definition) is 6. The summed E-state index contributed by atoms with van der Waals surface area (Å²) in [4.78, 5) is 27.8. The molecule has 13 heavy (non-hydrogen) atoms. The van der Waals surface area contributed by atoms with Crippen molar-refractivity contribution >= 4 is 0 Å². The molecule has 0 aliphatic rings. The summed E-state index contributed by atoms with van der Waals surface area (Å²) in [5.74, 6) is 0. The monoisotopic (exact) mass is 194 g/mol. The number of hydrogen-bond donors (Lipinski definition) is 0. The first-order valence-corrected chi connectivity index (χ1v) is 3.64. The highest BCUT2D eigenvalue weighted by atomic mass is 17.0. The van der Waals surface area contributed by atoms with Crippen LogP contribution in [0.4, 0.5) is 0 Å². The number of rotatable bonds is 7. The Balaban J connectivity index is 3.59. The molecule has 1 atom stereocenters. The lowest BCUT2D eigenvalue weighted by molar-refractivity contribution is -0.774. The maximum absolute atomic E-state index is 9.87. The van der Waals surface area contributed by atoms with Gasteiger partial charge in [0.15, 0.2) is 0 Å². The Bertz CT molecular complexity index is 184. The standard InChI is InChI=1S/C5H10N2O6/c1-2-5(13-7(10)11)3-4-12-6(8)9/h5H,2-4H2,1H3. The Kier molecular flexibility index (Phi) is 5.24. The van der Waals surface area contributed by atoms with E-state index in [0.29, 0.717) is 6.42 Å². The molecule has 0 heterocycles. The summed E-state index contributed by atoms with van der Waals surface area (Å²) in [6, 6.07) is 0. The van der Waals surface area contributed by atoms with Crippen molar-refractivity contribution in [2.24, 2.45) is 0 Å². The molecule has 0 aromatic carbocycles. The number of nitrogens with zero attached hydrogens (tertiary/aromatic N) is 2. The predicted molar refractivity (Wildman–Crippen MR) is 39.7 cm³/mol. The van der Waals surface area contributed by atoms with E-state index in [4.69, 9.17) is 0 Å². The van der Waals surface area contributed by atoms with Crippen LogP contribution in [0.2, 0.25) is 0 Å². The molecule has 0 fully saturated rings. The summed E-state index contributed by atoms with van der Waals surface area (Å²) < 4.78 is 0. The van der Waals surface area contributed by atoms with Gasteiger partial charge in [-0.05, 0) is 12.8 Å². The Morgan fingerprint density at radius 2 is 1.92 bits per heavy atom. The van der Waals surface area contributed by atoms with E-state index in [2.05, 4.69) is 9.68 Å². The van der Waals surface area contributed by atoms with Crippen LogP contribution < -0.4 is 0 Å². The van der Waals surface area contributed by atoms with Gasteiger partial charge in [-0.2, -0.15) is 0 Å². The molecule has 0 radical (unpaired) electrons. The topological polar surface area (TPSA) is 105 Å². The van der Waals surface area contributed by atoms with Crippen LogP contribution in [0.15, 0.2) is 0 Å². The summed E-state index contributed by atoms with van der Waals surface area (Å²) in [6.45, 7) is 1.49. The molecular weight excluding hydrogens is 184 g/mol. The van der Waals surface area contributed by atoms with E-state index in [0.717, 1.165) is 0 Å². The largest absolute Gasteiger partial charge is 0.314 e. The fourth-order valence-corrected chi connectivity index (χ4v) is 0.712. The zero-order valence-electron chi connectivity index (χ0n) is 7.04. The molecule has 0 spiro atoms. The average molecular weight is 194 g/mol. The lowest BCUT2D eigenvalue weighted by Crippen LogP contribution is -2.19. The second kappa shape index (κ2) is 5.98. The second-order valence-electron chi connectivity index (χ2n) is 2.20. The second-order valence-corrected chi connectivity index (χ2v) is 2.20. The van der Waals surface area contributed by atoms with Gasteiger partial charge in [-0.3, -0.25) is 0 Å². The minimum absolute atomic E-state index is 0.123. The molecule has 0 aromatic heterocycles. The Hall–Kier alpha value is -1.60. The molecule has 8 heteroatoms. The van der Waals surface area contributed by atoms with Crippen LogP contribution in [0, 0.1) is 20.2 Å². The van der Waals surface area contributed by atoms with Gasteiger partial charge < -0.3 is 9.68 Å². The highest BCUT2D eigenvalue weighted by molar-refractivity contribution is 4.50. The van der Waals surface area contributed by atoms with Crippen molar-refractivity contribution in [3.05, 3.63) is 20.2 Å². The highest BCUT2D eigenvalue weighted by Crippen LogP contribution is 2.03. The van der Waals surface area contributed by atoms with Gasteiger partial charge >= 0.3 is 0 Å². The van der Waals surface area contributed by atoms with E-state index in [1.54, 1.807) is 6.92 Å². The minimum atomic E-state index is -0.946. The van der Waals surface area contributed by atoms with Crippen LogP contribution in [-0.2, 0) is 9.68 Å². The van der Waals surface area contributed by atoms with E-state index < -0.39 is 16.3 Å². The van der Waals surface area contributed by atoms with Crippen LogP contribution in [-0.4, -0.2) is 22.9 Å². The van der Waals surface area contributed by atoms with Gasteiger partial charge in [0.25, 0.3) is 10.2 Å². The van der Waals surface area contributed by atoms with Crippen molar-refractivity contribution in [1.82, 2.24) is 0 Å². The van der Waals surface area contributed by atoms with Crippen molar-refractivity contribution in [1.29, 1.82) is 0 Å². The van der Waals surface area contributed by atoms with Gasteiger partial charge in [0, 0.05) is 0 Å². The normalized spacial score (nSPS) is 11.8. The van der Waals surface area contributed by atoms with Crippen molar-refractivity contribution in [3.63, 3.8) is 0 Å². The third kappa shape index (κ3) is 6.78. The summed E-state index contributed by atoms with van der Waals surface area (Å²) >= 11 is 0. The van der Waals surface area contributed by atoms with Gasteiger partial charge in [0.2, 0.25) is 0 Å². The first kappa shape index (κ1) is 11.4. The van der Waals surface area contributed by atoms with Crippen LogP contribution in [0.3, 0.4) is 0 Å². The van der Waals surface area contributed by atoms with Gasteiger partial charge in [0.1, 0.15) is 6.10 Å². The van der Waals surface area contributed by atoms with Crippen LogP contribution in [0.1, 0.15) is 19.8 Å². The van der Waals surface area contributed by atoms with Crippen LogP contribution in [0.5, 0.6) is 0 Å². The SMILES string of the molecule is CCC(CCO[N+](=O)[O-])O[N+](=O)[O-]. The fraction of sp³-hybridized carbons (Fsp3) is 1.00. The molecular formula is C5H10N2O6. The maximum atomic E-state index is 9.87. The van der Waals surface area contributed by atoms with E-state index in [1.807, 2.05) is 0 Å². The Morgan fingerprint density at radius 1 is 1.31 bits per heavy atom. The maximum Gasteiger partial charge on any atom is 0.294 e. The predicted octanol–water partition coefficient (Wildman–Crippen LogP) is 0.572. The highest BCUT2D eigenvalue weighted by Gasteiger charge is 2.11. The molecule has 0 bridgehead atoms. The first-order chi connectivity index (χ1) is 6.06. The van der Waals surface area contributed by atoms with Gasteiger partial charge in [-0.25, -0.2) is 0 Å². The molecule has 0 saturated heterocycles. The Morgan fingerprint density at radius 3 is 2.31 bits per heavy atom. The van der Waals surface area contributed by atoms with E-state index >= 15 is 0 Å². The molecule has 0 aliphatic carbocycles. The average Bonchev–Trinajstić information content (AvgIpc) is 2.01. The molecule has 0 amide bonds. The zero-order valence-corrected chi connectivity index (χ0v) is 7.04. The zero-order chi connectivity index (χ0) is 10.3. The smallest absolute Gasteiger partial charge is 0.294 e. The van der Waals surface area contributed by atoms with Crippen LogP contribution in [0.25, 0.3) is 0 Å². The van der Waals surface area contributed by atoms with E-state index in [9.17, 15) is 20.2 Å². The molecule has 8 nitrogen and oxygen atoms in total. The van der Waals surface area contributed by atoms with Gasteiger partial charge in [-0.1, -0.05) is 6.92 Å². The summed E-state index contributed by atoms with van der Waals surface area (Å²) in [7, 11) is 0. The Labute approximate surface area is 73.6 Å². The van der Waals surface area contributed by atoms with Gasteiger partial charge in [-0.15, -0.1) is 20.2 Å². The summed E-state index contributed by atoms with van der Waals surface area (Å²) in [5.41, 5.74) is 0. The lowest BCUT2D eigenvalue weighted by Gasteiger charge is -2.10. The summed E-state index contributed by atoms with van der Waals surface area (Å²) in [5, 5.41) is 17.7. The van der Waals surface area contributed by atoms with Crippen molar-refractivity contribution in [3.8, 4) is 0 Å². The van der Waals surface area contributed by atoms with Crippen molar-refractivity contribution in [2.75, 3.05) is 6.61 Å². The third-order valence-corrected chi connectivity index (χ3v) is 1.33. The van der Waals surface area contributed by atoms with Gasteiger partial charge in [0.05, 0.1) is 6.61 Å². The fourth-order valence-electron chi connectivity index (χ4n) is 0.712. The molecule has 0 aromatic rings. The minimum Gasteiger partial charge on any atom is -0.314 e. The quantitative estimate of drug-likeness (QED) is 0.433. The molecule has 76 valence electrons. The molecule has 0 saturated carbocycles. The molecule has 0 N–H and O–H groups in total. The first-order valence-electron chi connectivity index (χ1n) is 3.64. The van der Waals surface area contributed by atoms with Crippen LogP contribution >= 0.6 is 0 Å². The van der Waals surface area contributed by atoms with Crippen molar-refractivity contribution in [2.45, 2.75) is 25.9 Å². The van der Waals surface area contributed by atoms with E-state index in [-0.39, 0.29) is 13.0 Å². The molecule has 0 aliphatic heterocycles. The molecule has 1 unspecified atom stereocenters. The lowest BCUT2D eigenvalue weighted by atomic mass is 10.2. The van der Waals surface area contributed by atoms with Crippen molar-refractivity contribution < 1.29 is 19.8 Å². The molecule has 0 rings (SSSR count). The van der Waals surface area contributed by atoms with E-state index in [1.165, 1.54) is 0 Å².